The van der Waals surface area contributed by atoms with Crippen molar-refractivity contribution in [3.63, 3.8) is 0 Å². The molecule has 2 rings (SSSR count). The quantitative estimate of drug-likeness (QED) is 0.602. The maximum atomic E-state index is 12.3. The topological polar surface area (TPSA) is 99.2 Å². The largest absolute Gasteiger partial charge is 0.494 e. The van der Waals surface area contributed by atoms with Gasteiger partial charge in [-0.05, 0) is 44.5 Å². The Labute approximate surface area is 159 Å². The number of esters is 1. The van der Waals surface area contributed by atoms with Gasteiger partial charge in [0.15, 0.2) is 22.5 Å². The molecule has 1 amide bonds. The lowest BCUT2D eigenvalue weighted by atomic mass is 10.2. The Balaban J connectivity index is 1.79. The van der Waals surface area contributed by atoms with Crippen molar-refractivity contribution in [2.24, 2.45) is 0 Å². The van der Waals surface area contributed by atoms with Gasteiger partial charge in [0.05, 0.1) is 18.1 Å². The van der Waals surface area contributed by atoms with Crippen LogP contribution in [0.15, 0.2) is 24.3 Å². The van der Waals surface area contributed by atoms with Crippen LogP contribution in [0.2, 0.25) is 0 Å². The van der Waals surface area contributed by atoms with E-state index in [0.717, 1.165) is 0 Å². The lowest BCUT2D eigenvalue weighted by Gasteiger charge is -2.26. The summed E-state index contributed by atoms with van der Waals surface area (Å²) in [4.78, 5) is 25.6. The molecule has 1 aliphatic rings. The molecule has 0 unspecified atom stereocenters. The highest BCUT2D eigenvalue weighted by molar-refractivity contribution is 7.91. The molecule has 1 aromatic carbocycles. The van der Waals surface area contributed by atoms with Gasteiger partial charge < -0.3 is 19.1 Å². The van der Waals surface area contributed by atoms with Crippen molar-refractivity contribution in [1.82, 2.24) is 4.90 Å². The van der Waals surface area contributed by atoms with E-state index >= 15 is 0 Å². The maximum absolute atomic E-state index is 12.3. The van der Waals surface area contributed by atoms with Crippen molar-refractivity contribution in [3.05, 3.63) is 24.3 Å². The second-order valence-electron chi connectivity index (χ2n) is 6.33. The first-order chi connectivity index (χ1) is 12.7. The molecule has 1 saturated heterocycles. The molecule has 2 atom stereocenters. The van der Waals surface area contributed by atoms with Crippen molar-refractivity contribution in [3.8, 4) is 11.5 Å². The summed E-state index contributed by atoms with van der Waals surface area (Å²) in [5.41, 5.74) is 0. The van der Waals surface area contributed by atoms with Gasteiger partial charge in [-0.3, -0.25) is 4.79 Å². The van der Waals surface area contributed by atoms with E-state index in [1.165, 1.54) is 18.9 Å². The van der Waals surface area contributed by atoms with Crippen molar-refractivity contribution in [2.75, 3.05) is 31.8 Å². The van der Waals surface area contributed by atoms with E-state index in [0.29, 0.717) is 24.5 Å². The van der Waals surface area contributed by atoms with Crippen LogP contribution < -0.4 is 9.47 Å². The van der Waals surface area contributed by atoms with Crippen molar-refractivity contribution < 1.29 is 32.2 Å². The predicted octanol–water partition coefficient (Wildman–Crippen LogP) is 1.04. The molecular weight excluding hydrogens is 374 g/mol. The number of carbonyl (C=O) groups excluding carboxylic acids is 2. The smallest absolute Gasteiger partial charge is 0.344 e. The Morgan fingerprint density at radius 3 is 2.30 bits per heavy atom. The average Bonchev–Trinajstić information content (AvgIpc) is 3.00. The van der Waals surface area contributed by atoms with Gasteiger partial charge in [0, 0.05) is 13.1 Å². The number of hydrogen-bond donors (Lipinski definition) is 0. The zero-order chi connectivity index (χ0) is 20.0. The summed E-state index contributed by atoms with van der Waals surface area (Å²) in [5.74, 6) is 0.0610. The van der Waals surface area contributed by atoms with E-state index in [1.54, 1.807) is 24.3 Å². The zero-order valence-corrected chi connectivity index (χ0v) is 16.5. The molecule has 1 fully saturated rings. The maximum Gasteiger partial charge on any atom is 0.344 e. The van der Waals surface area contributed by atoms with E-state index < -0.39 is 27.8 Å². The van der Waals surface area contributed by atoms with E-state index in [-0.39, 0.29) is 24.2 Å². The normalized spacial score (nSPS) is 19.1. The lowest BCUT2D eigenvalue weighted by molar-refractivity contribution is -0.160. The molecule has 1 heterocycles. The molecule has 0 aliphatic carbocycles. The van der Waals surface area contributed by atoms with Crippen LogP contribution in [0.3, 0.4) is 0 Å². The predicted molar refractivity (Wildman–Crippen MR) is 98.5 cm³/mol. The summed E-state index contributed by atoms with van der Waals surface area (Å²) >= 11 is 0. The third kappa shape index (κ3) is 6.13. The third-order valence-corrected chi connectivity index (χ3v) is 6.00. The fourth-order valence-electron chi connectivity index (χ4n) is 2.77. The summed E-state index contributed by atoms with van der Waals surface area (Å²) < 4.78 is 38.8. The van der Waals surface area contributed by atoms with Gasteiger partial charge >= 0.3 is 5.97 Å². The van der Waals surface area contributed by atoms with Crippen LogP contribution in [-0.4, -0.2) is 69.1 Å². The third-order valence-electron chi connectivity index (χ3n) is 4.25. The number of ether oxygens (including phenoxy) is 3. The van der Waals surface area contributed by atoms with Crippen LogP contribution in [0.4, 0.5) is 0 Å². The van der Waals surface area contributed by atoms with Gasteiger partial charge in [0.25, 0.3) is 5.91 Å². The summed E-state index contributed by atoms with van der Waals surface area (Å²) in [7, 11) is -1.58. The SMILES string of the molecule is CCOc1ccc(OCC(=O)O[C@@H](C)C(=O)N(C)[C@@H]2CCS(=O)(=O)C2)cc1. The standard InChI is InChI=1S/C18H25NO7S/c1-4-24-15-5-7-16(8-6-15)25-11-17(20)26-13(2)18(21)19(3)14-9-10-27(22,23)12-14/h5-8,13-14H,4,9-12H2,1-3H3/t13-,14+/m0/s1. The first-order valence-electron chi connectivity index (χ1n) is 8.74. The van der Waals surface area contributed by atoms with Crippen molar-refractivity contribution >= 4 is 21.7 Å². The Hall–Kier alpha value is -2.29. The van der Waals surface area contributed by atoms with E-state index in [2.05, 4.69) is 0 Å². The Morgan fingerprint density at radius 1 is 1.19 bits per heavy atom. The summed E-state index contributed by atoms with van der Waals surface area (Å²) in [6.45, 7) is 3.55. The van der Waals surface area contributed by atoms with Crippen LogP contribution in [0, 0.1) is 0 Å². The molecule has 0 N–H and O–H groups in total. The minimum atomic E-state index is -3.10. The molecule has 150 valence electrons. The second kappa shape index (κ2) is 9.07. The Kier molecular flexibility index (Phi) is 7.06. The molecule has 9 heteroatoms. The highest BCUT2D eigenvalue weighted by Crippen LogP contribution is 2.19. The number of nitrogens with zero attached hydrogens (tertiary/aromatic N) is 1. The molecule has 0 saturated carbocycles. The first-order valence-corrected chi connectivity index (χ1v) is 10.6. The molecule has 1 aromatic rings. The average molecular weight is 399 g/mol. The van der Waals surface area contributed by atoms with Crippen LogP contribution in [-0.2, 0) is 24.2 Å². The van der Waals surface area contributed by atoms with Gasteiger partial charge in [-0.1, -0.05) is 0 Å². The minimum absolute atomic E-state index is 0.0588. The fraction of sp³-hybridized carbons (Fsp3) is 0.556. The van der Waals surface area contributed by atoms with E-state index in [9.17, 15) is 18.0 Å². The monoisotopic (exact) mass is 399 g/mol. The number of rotatable bonds is 8. The number of sulfone groups is 1. The van der Waals surface area contributed by atoms with Gasteiger partial charge in [0.2, 0.25) is 0 Å². The second-order valence-corrected chi connectivity index (χ2v) is 8.56. The molecular formula is C18H25NO7S. The molecule has 0 aromatic heterocycles. The fourth-order valence-corrected chi connectivity index (χ4v) is 4.54. The zero-order valence-electron chi connectivity index (χ0n) is 15.7. The van der Waals surface area contributed by atoms with Crippen LogP contribution in [0.1, 0.15) is 20.3 Å². The lowest BCUT2D eigenvalue weighted by Crippen LogP contribution is -2.44. The molecule has 0 radical (unpaired) electrons. The summed E-state index contributed by atoms with van der Waals surface area (Å²) in [5, 5.41) is 0. The number of likely N-dealkylation sites (N-methyl/N-ethyl adjacent to an activating group) is 1. The van der Waals surface area contributed by atoms with Crippen molar-refractivity contribution in [1.29, 1.82) is 0 Å². The molecule has 0 spiro atoms. The van der Waals surface area contributed by atoms with Crippen LogP contribution >= 0.6 is 0 Å². The molecule has 27 heavy (non-hydrogen) atoms. The number of hydrogen-bond acceptors (Lipinski definition) is 7. The molecule has 8 nitrogen and oxygen atoms in total. The highest BCUT2D eigenvalue weighted by Gasteiger charge is 2.34. The Bertz CT molecular complexity index is 760. The van der Waals surface area contributed by atoms with Gasteiger partial charge in [-0.2, -0.15) is 0 Å². The van der Waals surface area contributed by atoms with Gasteiger partial charge in [-0.25, -0.2) is 13.2 Å². The van der Waals surface area contributed by atoms with E-state index in [1.807, 2.05) is 6.92 Å². The Morgan fingerprint density at radius 2 is 1.78 bits per heavy atom. The number of benzene rings is 1. The highest BCUT2D eigenvalue weighted by atomic mass is 32.2. The van der Waals surface area contributed by atoms with E-state index in [4.69, 9.17) is 14.2 Å². The van der Waals surface area contributed by atoms with Crippen molar-refractivity contribution in [2.45, 2.75) is 32.4 Å². The summed E-state index contributed by atoms with van der Waals surface area (Å²) in [6.07, 6.45) is -0.624. The first kappa shape index (κ1) is 21.0. The number of amides is 1. The number of carbonyl (C=O) groups is 2. The summed E-state index contributed by atoms with van der Waals surface area (Å²) in [6, 6.07) is 6.40. The van der Waals surface area contributed by atoms with Crippen LogP contribution in [0.25, 0.3) is 0 Å². The van der Waals surface area contributed by atoms with Gasteiger partial charge in [0.1, 0.15) is 11.5 Å². The molecule has 1 aliphatic heterocycles. The van der Waals surface area contributed by atoms with Crippen LogP contribution in [0.5, 0.6) is 11.5 Å². The minimum Gasteiger partial charge on any atom is -0.494 e. The molecule has 0 bridgehead atoms. The van der Waals surface area contributed by atoms with Gasteiger partial charge in [-0.15, -0.1) is 0 Å².